The van der Waals surface area contributed by atoms with Crippen molar-refractivity contribution in [3.05, 3.63) is 65.7 Å². The van der Waals surface area contributed by atoms with E-state index in [1.54, 1.807) is 0 Å². The van der Waals surface area contributed by atoms with Crippen molar-refractivity contribution in [2.45, 2.75) is 62.5 Å². The molecule has 0 bridgehead atoms. The number of rotatable bonds is 7. The molecule has 4 rings (SSSR count). The smallest absolute Gasteiger partial charge is 0.332 e. The van der Waals surface area contributed by atoms with Gasteiger partial charge in [-0.2, -0.15) is 0 Å². The van der Waals surface area contributed by atoms with Crippen LogP contribution in [-0.2, 0) is 27.4 Å². The standard InChI is InChI=1S/C25H27ClO4/c26-23-22(27)16-25(30-24(23)28,20-8-4-5-9-20)15-14-18-10-12-21(13-11-18)29-17-19-6-2-1-3-7-19/h1-3,6-7,10-13,20,23H,4-5,8-9,14-17H2. The van der Waals surface area contributed by atoms with Gasteiger partial charge in [-0.15, -0.1) is 11.6 Å². The van der Waals surface area contributed by atoms with Gasteiger partial charge in [-0.1, -0.05) is 55.3 Å². The lowest BCUT2D eigenvalue weighted by Gasteiger charge is -2.42. The molecule has 0 spiro atoms. The summed E-state index contributed by atoms with van der Waals surface area (Å²) < 4.78 is 11.7. The molecule has 1 heterocycles. The van der Waals surface area contributed by atoms with Crippen LogP contribution in [0.5, 0.6) is 5.75 Å². The first-order chi connectivity index (χ1) is 14.6. The summed E-state index contributed by atoms with van der Waals surface area (Å²) in [5.41, 5.74) is 1.55. The number of alkyl halides is 1. The van der Waals surface area contributed by atoms with E-state index in [1.165, 1.54) is 0 Å². The molecule has 1 saturated heterocycles. The summed E-state index contributed by atoms with van der Waals surface area (Å²) in [6.07, 6.45) is 5.85. The average Bonchev–Trinajstić information content (AvgIpc) is 3.32. The fraction of sp³-hybridized carbons (Fsp3) is 0.440. The molecule has 0 N–H and O–H groups in total. The second-order valence-corrected chi connectivity index (χ2v) is 8.83. The first kappa shape index (κ1) is 20.9. The molecule has 0 radical (unpaired) electrons. The molecule has 0 amide bonds. The van der Waals surface area contributed by atoms with Crippen molar-refractivity contribution in [1.29, 1.82) is 0 Å². The van der Waals surface area contributed by atoms with Crippen LogP contribution in [0.3, 0.4) is 0 Å². The SMILES string of the molecule is O=C1CC(CCc2ccc(OCc3ccccc3)cc2)(C2CCCC2)OC(=O)C1Cl. The number of hydrogen-bond donors (Lipinski definition) is 0. The quantitative estimate of drug-likeness (QED) is 0.344. The molecule has 1 aliphatic heterocycles. The van der Waals surface area contributed by atoms with Gasteiger partial charge < -0.3 is 9.47 Å². The Hall–Kier alpha value is -2.33. The van der Waals surface area contributed by atoms with Gasteiger partial charge in [0.2, 0.25) is 0 Å². The Morgan fingerprint density at radius 3 is 2.33 bits per heavy atom. The van der Waals surface area contributed by atoms with Crippen LogP contribution in [0.15, 0.2) is 54.6 Å². The third-order valence-corrected chi connectivity index (χ3v) is 6.80. The van der Waals surface area contributed by atoms with E-state index in [4.69, 9.17) is 21.1 Å². The highest BCUT2D eigenvalue weighted by atomic mass is 35.5. The van der Waals surface area contributed by atoms with E-state index in [9.17, 15) is 9.59 Å². The first-order valence-corrected chi connectivity index (χ1v) is 11.1. The summed E-state index contributed by atoms with van der Waals surface area (Å²) in [5, 5.41) is -1.15. The van der Waals surface area contributed by atoms with Gasteiger partial charge in [0.15, 0.2) is 11.2 Å². The lowest BCUT2D eigenvalue weighted by atomic mass is 9.76. The highest BCUT2D eigenvalue weighted by molar-refractivity contribution is 6.41. The van der Waals surface area contributed by atoms with E-state index in [1.807, 2.05) is 54.6 Å². The van der Waals surface area contributed by atoms with E-state index >= 15 is 0 Å². The van der Waals surface area contributed by atoms with Gasteiger partial charge in [-0.25, -0.2) is 4.79 Å². The van der Waals surface area contributed by atoms with Crippen LogP contribution in [0.2, 0.25) is 0 Å². The zero-order valence-corrected chi connectivity index (χ0v) is 17.8. The maximum Gasteiger partial charge on any atom is 0.332 e. The maximum absolute atomic E-state index is 12.4. The number of esters is 1. The summed E-state index contributed by atoms with van der Waals surface area (Å²) in [6, 6.07) is 18.1. The van der Waals surface area contributed by atoms with Gasteiger partial charge in [0.1, 0.15) is 18.0 Å². The topological polar surface area (TPSA) is 52.6 Å². The van der Waals surface area contributed by atoms with E-state index in [0.29, 0.717) is 13.0 Å². The highest BCUT2D eigenvalue weighted by Crippen LogP contribution is 2.44. The molecule has 1 saturated carbocycles. The zero-order valence-electron chi connectivity index (χ0n) is 17.0. The van der Waals surface area contributed by atoms with E-state index < -0.39 is 16.9 Å². The van der Waals surface area contributed by atoms with Crippen LogP contribution in [0.4, 0.5) is 0 Å². The Labute approximate surface area is 182 Å². The average molecular weight is 427 g/mol. The van der Waals surface area contributed by atoms with Crippen molar-refractivity contribution in [2.75, 3.05) is 0 Å². The lowest BCUT2D eigenvalue weighted by molar-refractivity contribution is -0.177. The number of Topliss-reactive ketones (excluding diaryl/α,β-unsaturated/α-hetero) is 1. The minimum atomic E-state index is -1.15. The second-order valence-electron chi connectivity index (χ2n) is 8.39. The molecular weight excluding hydrogens is 400 g/mol. The monoisotopic (exact) mass is 426 g/mol. The van der Waals surface area contributed by atoms with Crippen LogP contribution >= 0.6 is 11.6 Å². The second kappa shape index (κ2) is 9.22. The highest BCUT2D eigenvalue weighted by Gasteiger charge is 2.50. The van der Waals surface area contributed by atoms with Crippen molar-refractivity contribution < 1.29 is 19.1 Å². The fourth-order valence-electron chi connectivity index (χ4n) is 4.68. The van der Waals surface area contributed by atoms with Crippen molar-refractivity contribution in [1.82, 2.24) is 0 Å². The van der Waals surface area contributed by atoms with Gasteiger partial charge in [-0.3, -0.25) is 4.79 Å². The minimum Gasteiger partial charge on any atom is -0.489 e. The molecule has 2 aliphatic rings. The van der Waals surface area contributed by atoms with Crippen LogP contribution in [-0.4, -0.2) is 22.7 Å². The van der Waals surface area contributed by atoms with Crippen molar-refractivity contribution in [3.8, 4) is 5.75 Å². The van der Waals surface area contributed by atoms with Crippen molar-refractivity contribution in [3.63, 3.8) is 0 Å². The number of carbonyl (C=O) groups is 2. The third kappa shape index (κ3) is 4.70. The van der Waals surface area contributed by atoms with Gasteiger partial charge in [0.05, 0.1) is 0 Å². The first-order valence-electron chi connectivity index (χ1n) is 10.7. The van der Waals surface area contributed by atoms with E-state index in [2.05, 4.69) is 0 Å². The number of aryl methyl sites for hydroxylation is 1. The van der Waals surface area contributed by atoms with E-state index in [0.717, 1.165) is 49.0 Å². The van der Waals surface area contributed by atoms with Crippen LogP contribution in [0, 0.1) is 5.92 Å². The molecule has 2 unspecified atom stereocenters. The molecule has 1 aliphatic carbocycles. The number of halogens is 1. The van der Waals surface area contributed by atoms with Crippen LogP contribution in [0.1, 0.15) is 49.7 Å². The molecule has 2 aromatic rings. The van der Waals surface area contributed by atoms with Crippen molar-refractivity contribution >= 4 is 23.4 Å². The zero-order chi connectivity index (χ0) is 21.0. The van der Waals surface area contributed by atoms with Gasteiger partial charge in [0.25, 0.3) is 0 Å². The number of ether oxygens (including phenoxy) is 2. The third-order valence-electron chi connectivity index (χ3n) is 6.37. The van der Waals surface area contributed by atoms with Gasteiger partial charge in [-0.05, 0) is 54.9 Å². The fourth-order valence-corrected chi connectivity index (χ4v) is 4.80. The maximum atomic E-state index is 12.4. The summed E-state index contributed by atoms with van der Waals surface area (Å²) >= 11 is 5.92. The summed E-state index contributed by atoms with van der Waals surface area (Å²) in [7, 11) is 0. The Morgan fingerprint density at radius 2 is 1.67 bits per heavy atom. The summed E-state index contributed by atoms with van der Waals surface area (Å²) in [6.45, 7) is 0.530. The summed E-state index contributed by atoms with van der Waals surface area (Å²) in [4.78, 5) is 24.6. The van der Waals surface area contributed by atoms with Gasteiger partial charge in [0, 0.05) is 6.42 Å². The lowest BCUT2D eigenvalue weighted by Crippen LogP contribution is -2.52. The Kier molecular flexibility index (Phi) is 6.43. The Balaban J connectivity index is 1.40. The molecule has 2 fully saturated rings. The predicted molar refractivity (Wildman–Crippen MR) is 116 cm³/mol. The largest absolute Gasteiger partial charge is 0.489 e. The van der Waals surface area contributed by atoms with Crippen molar-refractivity contribution in [2.24, 2.45) is 5.92 Å². The molecule has 0 aromatic heterocycles. The van der Waals surface area contributed by atoms with Crippen LogP contribution in [0.25, 0.3) is 0 Å². The minimum absolute atomic E-state index is 0.204. The van der Waals surface area contributed by atoms with Crippen LogP contribution < -0.4 is 4.74 Å². The molecule has 30 heavy (non-hydrogen) atoms. The molecule has 5 heteroatoms. The van der Waals surface area contributed by atoms with E-state index in [-0.39, 0.29) is 18.1 Å². The molecule has 2 aromatic carbocycles. The molecular formula is C25H27ClO4. The van der Waals surface area contributed by atoms with Gasteiger partial charge >= 0.3 is 5.97 Å². The Bertz CT molecular complexity index is 854. The normalized spacial score (nSPS) is 24.6. The number of hydrogen-bond acceptors (Lipinski definition) is 4. The number of carbonyl (C=O) groups excluding carboxylic acids is 2. The Morgan fingerprint density at radius 1 is 0.967 bits per heavy atom. The number of ketones is 1. The number of cyclic esters (lactones) is 1. The summed E-state index contributed by atoms with van der Waals surface area (Å²) in [5.74, 6) is 0.273. The molecule has 2 atom stereocenters. The predicted octanol–water partition coefficient (Wildman–Crippen LogP) is 5.25. The molecule has 4 nitrogen and oxygen atoms in total. The number of benzene rings is 2. The molecule has 158 valence electrons.